The van der Waals surface area contributed by atoms with Gasteiger partial charge in [-0.25, -0.2) is 0 Å². The Morgan fingerprint density at radius 1 is 1.10 bits per heavy atom. The molecule has 0 unspecified atom stereocenters. The van der Waals surface area contributed by atoms with Crippen molar-refractivity contribution in [3.8, 4) is 5.75 Å². The maximum Gasteiger partial charge on any atom is 0.261 e. The van der Waals surface area contributed by atoms with Crippen molar-refractivity contribution < 1.29 is 14.3 Å². The standard InChI is InChI=1S/C23H29BrN2O3/c1-16(2)13-25-23(28)18(4)26(14-19-8-6-5-7-9-19)22(27)15-29-20-10-11-21(24)17(3)12-20/h5-12,16,18H,13-15H2,1-4H3,(H,25,28)/t18-/m0/s1. The zero-order valence-electron chi connectivity index (χ0n) is 17.4. The number of carbonyl (C=O) groups is 2. The van der Waals surface area contributed by atoms with Crippen molar-refractivity contribution in [1.82, 2.24) is 10.2 Å². The molecule has 6 heteroatoms. The Morgan fingerprint density at radius 3 is 2.41 bits per heavy atom. The van der Waals surface area contributed by atoms with E-state index in [9.17, 15) is 9.59 Å². The van der Waals surface area contributed by atoms with E-state index in [0.717, 1.165) is 15.6 Å². The maximum atomic E-state index is 13.0. The lowest BCUT2D eigenvalue weighted by Gasteiger charge is -2.29. The average Bonchev–Trinajstić information content (AvgIpc) is 2.71. The monoisotopic (exact) mass is 460 g/mol. The summed E-state index contributed by atoms with van der Waals surface area (Å²) in [7, 11) is 0. The predicted molar refractivity (Wildman–Crippen MR) is 119 cm³/mol. The summed E-state index contributed by atoms with van der Waals surface area (Å²) in [6.45, 7) is 8.57. The Kier molecular flexibility index (Phi) is 8.70. The normalized spacial score (nSPS) is 11.8. The maximum absolute atomic E-state index is 13.0. The second-order valence-electron chi connectivity index (χ2n) is 7.52. The van der Waals surface area contributed by atoms with Gasteiger partial charge in [-0.05, 0) is 49.1 Å². The number of nitrogens with one attached hydrogen (secondary N) is 1. The van der Waals surface area contributed by atoms with Crippen molar-refractivity contribution in [3.05, 3.63) is 64.1 Å². The van der Waals surface area contributed by atoms with Crippen LogP contribution in [0.4, 0.5) is 0 Å². The molecule has 2 aromatic carbocycles. The number of ether oxygens (including phenoxy) is 1. The zero-order chi connectivity index (χ0) is 21.4. The van der Waals surface area contributed by atoms with Gasteiger partial charge in [0.2, 0.25) is 5.91 Å². The molecular formula is C23H29BrN2O3. The average molecular weight is 461 g/mol. The minimum absolute atomic E-state index is 0.129. The van der Waals surface area contributed by atoms with E-state index >= 15 is 0 Å². The fourth-order valence-corrected chi connectivity index (χ4v) is 3.00. The molecule has 156 valence electrons. The highest BCUT2D eigenvalue weighted by Gasteiger charge is 2.26. The Balaban J connectivity index is 2.10. The molecule has 1 atom stereocenters. The number of amides is 2. The van der Waals surface area contributed by atoms with Crippen molar-refractivity contribution in [2.24, 2.45) is 5.92 Å². The summed E-state index contributed by atoms with van der Waals surface area (Å²) in [5.41, 5.74) is 1.99. The van der Waals surface area contributed by atoms with Gasteiger partial charge in [-0.1, -0.05) is 60.1 Å². The number of hydrogen-bond acceptors (Lipinski definition) is 3. The molecule has 2 rings (SSSR count). The molecule has 0 bridgehead atoms. The lowest BCUT2D eigenvalue weighted by molar-refractivity contribution is -0.142. The number of nitrogens with zero attached hydrogens (tertiary/aromatic N) is 1. The summed E-state index contributed by atoms with van der Waals surface area (Å²) < 4.78 is 6.69. The van der Waals surface area contributed by atoms with Crippen LogP contribution in [0.15, 0.2) is 53.0 Å². The molecule has 0 saturated carbocycles. The number of rotatable bonds is 9. The van der Waals surface area contributed by atoms with Crippen molar-refractivity contribution in [3.63, 3.8) is 0 Å². The summed E-state index contributed by atoms with van der Waals surface area (Å²) in [6, 6.07) is 14.6. The van der Waals surface area contributed by atoms with E-state index in [1.54, 1.807) is 11.8 Å². The Hall–Kier alpha value is -2.34. The molecule has 0 aromatic heterocycles. The Bertz CT molecular complexity index is 824. The van der Waals surface area contributed by atoms with Crippen LogP contribution in [-0.4, -0.2) is 35.9 Å². The summed E-state index contributed by atoms with van der Waals surface area (Å²) in [6.07, 6.45) is 0. The SMILES string of the molecule is Cc1cc(OCC(=O)N(Cc2ccccc2)[C@@H](C)C(=O)NCC(C)C)ccc1Br. The molecule has 0 aliphatic rings. The number of aryl methyl sites for hydroxylation is 1. The first-order chi connectivity index (χ1) is 13.8. The number of halogens is 1. The second kappa shape index (κ2) is 11.0. The van der Waals surface area contributed by atoms with Crippen LogP contribution in [0.1, 0.15) is 31.9 Å². The van der Waals surface area contributed by atoms with E-state index in [1.807, 2.05) is 69.3 Å². The first-order valence-corrected chi connectivity index (χ1v) is 10.6. The predicted octanol–water partition coefficient (Wildman–Crippen LogP) is 4.33. The molecule has 0 fully saturated rings. The van der Waals surface area contributed by atoms with Gasteiger partial charge in [0.25, 0.3) is 5.91 Å². The first kappa shape index (κ1) is 22.9. The van der Waals surface area contributed by atoms with Crippen molar-refractivity contribution in [2.45, 2.75) is 40.3 Å². The van der Waals surface area contributed by atoms with E-state index < -0.39 is 6.04 Å². The van der Waals surface area contributed by atoms with Gasteiger partial charge in [-0.15, -0.1) is 0 Å². The van der Waals surface area contributed by atoms with Gasteiger partial charge in [-0.3, -0.25) is 9.59 Å². The number of hydrogen-bond donors (Lipinski definition) is 1. The topological polar surface area (TPSA) is 58.6 Å². The van der Waals surface area contributed by atoms with Crippen molar-refractivity contribution in [2.75, 3.05) is 13.2 Å². The molecular weight excluding hydrogens is 432 g/mol. The molecule has 29 heavy (non-hydrogen) atoms. The Labute approximate surface area is 181 Å². The largest absolute Gasteiger partial charge is 0.484 e. The molecule has 2 aromatic rings. The number of carbonyl (C=O) groups excluding carboxylic acids is 2. The molecule has 5 nitrogen and oxygen atoms in total. The van der Waals surface area contributed by atoms with Crippen LogP contribution in [0, 0.1) is 12.8 Å². The summed E-state index contributed by atoms with van der Waals surface area (Å²) in [4.78, 5) is 27.1. The number of benzene rings is 2. The van der Waals surface area contributed by atoms with Crippen LogP contribution in [0.5, 0.6) is 5.75 Å². The van der Waals surface area contributed by atoms with Gasteiger partial charge < -0.3 is 15.0 Å². The van der Waals surface area contributed by atoms with Crippen LogP contribution in [-0.2, 0) is 16.1 Å². The molecule has 0 aliphatic heterocycles. The van der Waals surface area contributed by atoms with Gasteiger partial charge >= 0.3 is 0 Å². The van der Waals surface area contributed by atoms with E-state index in [-0.39, 0.29) is 18.4 Å². The van der Waals surface area contributed by atoms with Gasteiger partial charge in [0.1, 0.15) is 11.8 Å². The quantitative estimate of drug-likeness (QED) is 0.605. The highest BCUT2D eigenvalue weighted by molar-refractivity contribution is 9.10. The molecule has 0 heterocycles. The fraction of sp³-hybridized carbons (Fsp3) is 0.391. The van der Waals surface area contributed by atoms with E-state index in [1.165, 1.54) is 0 Å². The van der Waals surface area contributed by atoms with E-state index in [0.29, 0.717) is 24.8 Å². The third kappa shape index (κ3) is 7.20. The van der Waals surface area contributed by atoms with Gasteiger partial charge in [0.05, 0.1) is 0 Å². The van der Waals surface area contributed by atoms with Crippen LogP contribution in [0.3, 0.4) is 0 Å². The van der Waals surface area contributed by atoms with Crippen LogP contribution in [0.25, 0.3) is 0 Å². The third-order valence-corrected chi connectivity index (χ3v) is 5.43. The van der Waals surface area contributed by atoms with Gasteiger partial charge in [0.15, 0.2) is 6.61 Å². The summed E-state index contributed by atoms with van der Waals surface area (Å²) >= 11 is 3.45. The van der Waals surface area contributed by atoms with Gasteiger partial charge in [0, 0.05) is 17.6 Å². The minimum atomic E-state index is -0.600. The van der Waals surface area contributed by atoms with Crippen molar-refractivity contribution in [1.29, 1.82) is 0 Å². The molecule has 0 aliphatic carbocycles. The Morgan fingerprint density at radius 2 is 1.79 bits per heavy atom. The highest BCUT2D eigenvalue weighted by Crippen LogP contribution is 2.21. The fourth-order valence-electron chi connectivity index (χ4n) is 2.75. The second-order valence-corrected chi connectivity index (χ2v) is 8.38. The van der Waals surface area contributed by atoms with Gasteiger partial charge in [-0.2, -0.15) is 0 Å². The van der Waals surface area contributed by atoms with Crippen LogP contribution >= 0.6 is 15.9 Å². The van der Waals surface area contributed by atoms with Crippen molar-refractivity contribution >= 4 is 27.7 Å². The molecule has 1 N–H and O–H groups in total. The highest BCUT2D eigenvalue weighted by atomic mass is 79.9. The summed E-state index contributed by atoms with van der Waals surface area (Å²) in [5.74, 6) is 0.563. The third-order valence-electron chi connectivity index (χ3n) is 4.54. The minimum Gasteiger partial charge on any atom is -0.484 e. The summed E-state index contributed by atoms with van der Waals surface area (Å²) in [5, 5.41) is 2.91. The lowest BCUT2D eigenvalue weighted by atomic mass is 10.1. The van der Waals surface area contributed by atoms with E-state index in [2.05, 4.69) is 21.2 Å². The molecule has 0 radical (unpaired) electrons. The molecule has 0 saturated heterocycles. The lowest BCUT2D eigenvalue weighted by Crippen LogP contribution is -2.49. The van der Waals surface area contributed by atoms with E-state index in [4.69, 9.17) is 4.74 Å². The van der Waals surface area contributed by atoms with Crippen LogP contribution in [0.2, 0.25) is 0 Å². The van der Waals surface area contributed by atoms with Crippen LogP contribution < -0.4 is 10.1 Å². The first-order valence-electron chi connectivity index (χ1n) is 9.78. The molecule has 0 spiro atoms. The zero-order valence-corrected chi connectivity index (χ0v) is 19.0. The molecule has 2 amide bonds. The smallest absolute Gasteiger partial charge is 0.261 e.